The molecule has 2 aromatic carbocycles. The molecular formula is C20H17N5O. The zero-order valence-corrected chi connectivity index (χ0v) is 14.0. The number of fused-ring (bicyclic) bond motifs is 2. The van der Waals surface area contributed by atoms with Crippen molar-refractivity contribution in [3.63, 3.8) is 0 Å². The number of H-pyrrole nitrogens is 1. The lowest BCUT2D eigenvalue weighted by atomic mass is 9.95. The summed E-state index contributed by atoms with van der Waals surface area (Å²) in [6, 6.07) is 15.8. The van der Waals surface area contributed by atoms with Crippen LogP contribution in [0.4, 0.5) is 0 Å². The number of benzene rings is 2. The van der Waals surface area contributed by atoms with Crippen molar-refractivity contribution >= 4 is 16.9 Å². The van der Waals surface area contributed by atoms with Gasteiger partial charge in [-0.2, -0.15) is 5.10 Å². The van der Waals surface area contributed by atoms with E-state index in [1.807, 2.05) is 52.2 Å². The smallest absolute Gasteiger partial charge is 0.254 e. The first-order valence-electron chi connectivity index (χ1n) is 8.59. The van der Waals surface area contributed by atoms with E-state index in [-0.39, 0.29) is 11.9 Å². The first-order chi connectivity index (χ1) is 12.8. The monoisotopic (exact) mass is 343 g/mol. The maximum Gasteiger partial charge on any atom is 0.254 e. The lowest BCUT2D eigenvalue weighted by Gasteiger charge is -2.35. The Morgan fingerprint density at radius 3 is 2.96 bits per heavy atom. The van der Waals surface area contributed by atoms with E-state index in [0.29, 0.717) is 18.7 Å². The van der Waals surface area contributed by atoms with Gasteiger partial charge in [0.2, 0.25) is 0 Å². The fourth-order valence-electron chi connectivity index (χ4n) is 3.68. The van der Waals surface area contributed by atoms with Crippen LogP contribution >= 0.6 is 0 Å². The van der Waals surface area contributed by atoms with Crippen LogP contribution in [0.15, 0.2) is 67.3 Å². The third kappa shape index (κ3) is 2.38. The number of nitrogens with zero attached hydrogens (tertiary/aromatic N) is 4. The molecule has 0 saturated heterocycles. The lowest BCUT2D eigenvalue weighted by molar-refractivity contribution is 0.0706. The topological polar surface area (TPSA) is 66.8 Å². The predicted molar refractivity (Wildman–Crippen MR) is 97.6 cm³/mol. The molecule has 1 aliphatic rings. The van der Waals surface area contributed by atoms with Gasteiger partial charge >= 0.3 is 0 Å². The zero-order valence-electron chi connectivity index (χ0n) is 14.0. The zero-order chi connectivity index (χ0) is 17.5. The number of aromatic amines is 1. The van der Waals surface area contributed by atoms with Crippen LogP contribution in [0.5, 0.6) is 0 Å². The van der Waals surface area contributed by atoms with Crippen molar-refractivity contribution in [2.45, 2.75) is 12.6 Å². The molecule has 1 unspecified atom stereocenters. The Hall–Kier alpha value is -3.41. The Morgan fingerprint density at radius 2 is 2.08 bits per heavy atom. The van der Waals surface area contributed by atoms with E-state index < -0.39 is 0 Å². The average molecular weight is 343 g/mol. The van der Waals surface area contributed by atoms with Crippen molar-refractivity contribution in [3.05, 3.63) is 83.9 Å². The second kappa shape index (κ2) is 5.84. The maximum atomic E-state index is 13.2. The molecule has 1 amide bonds. The molecule has 0 saturated carbocycles. The number of hydrogen-bond acceptors (Lipinski definition) is 3. The van der Waals surface area contributed by atoms with E-state index in [2.05, 4.69) is 27.2 Å². The van der Waals surface area contributed by atoms with Gasteiger partial charge in [-0.05, 0) is 35.4 Å². The fraction of sp³-hybridized carbons (Fsp3) is 0.150. The first-order valence-corrected chi connectivity index (χ1v) is 8.59. The van der Waals surface area contributed by atoms with Crippen molar-refractivity contribution in [3.8, 4) is 0 Å². The molecule has 0 bridgehead atoms. The van der Waals surface area contributed by atoms with Crippen LogP contribution in [0.1, 0.15) is 27.5 Å². The molecule has 4 aromatic rings. The highest BCUT2D eigenvalue weighted by Crippen LogP contribution is 2.30. The van der Waals surface area contributed by atoms with E-state index >= 15 is 0 Å². The number of rotatable bonds is 2. The number of imidazole rings is 1. The standard InChI is InChI=1S/C20H17N5O/c26-20(14-6-7-17-18(10-14)22-13-21-17)24-11-15-4-1-2-5-16(15)19(12-24)25-9-3-8-23-25/h1-10,13,19H,11-12H2,(H,21,22). The minimum Gasteiger partial charge on any atom is -0.345 e. The van der Waals surface area contributed by atoms with Gasteiger partial charge in [-0.15, -0.1) is 0 Å². The molecule has 3 heterocycles. The molecule has 5 rings (SSSR count). The highest BCUT2D eigenvalue weighted by molar-refractivity contribution is 5.97. The van der Waals surface area contributed by atoms with Crippen molar-refractivity contribution in [1.29, 1.82) is 0 Å². The summed E-state index contributed by atoms with van der Waals surface area (Å²) in [5.41, 5.74) is 4.79. The predicted octanol–water partition coefficient (Wildman–Crippen LogP) is 3.00. The summed E-state index contributed by atoms with van der Waals surface area (Å²) in [5, 5.41) is 4.40. The molecule has 1 atom stereocenters. The van der Waals surface area contributed by atoms with Crippen molar-refractivity contribution in [2.75, 3.05) is 6.54 Å². The number of carbonyl (C=O) groups excluding carboxylic acids is 1. The molecule has 0 fully saturated rings. The largest absolute Gasteiger partial charge is 0.345 e. The number of amides is 1. The van der Waals surface area contributed by atoms with Crippen molar-refractivity contribution in [1.82, 2.24) is 24.6 Å². The van der Waals surface area contributed by atoms with Gasteiger partial charge in [-0.25, -0.2) is 4.98 Å². The number of aromatic nitrogens is 4. The Labute approximate surface area is 150 Å². The van der Waals surface area contributed by atoms with Gasteiger partial charge in [0, 0.05) is 31.0 Å². The van der Waals surface area contributed by atoms with Crippen LogP contribution < -0.4 is 0 Å². The Morgan fingerprint density at radius 1 is 1.15 bits per heavy atom. The molecule has 128 valence electrons. The molecule has 26 heavy (non-hydrogen) atoms. The van der Waals surface area contributed by atoms with E-state index in [0.717, 1.165) is 16.6 Å². The van der Waals surface area contributed by atoms with Gasteiger partial charge in [0.15, 0.2) is 0 Å². The van der Waals surface area contributed by atoms with Gasteiger partial charge < -0.3 is 9.88 Å². The molecule has 6 heteroatoms. The summed E-state index contributed by atoms with van der Waals surface area (Å²) in [6.45, 7) is 1.20. The summed E-state index contributed by atoms with van der Waals surface area (Å²) in [5.74, 6) is 0.0214. The van der Waals surface area contributed by atoms with E-state index in [9.17, 15) is 4.79 Å². The van der Waals surface area contributed by atoms with Gasteiger partial charge in [-0.3, -0.25) is 9.48 Å². The lowest BCUT2D eigenvalue weighted by Crippen LogP contribution is -2.40. The number of nitrogens with one attached hydrogen (secondary N) is 1. The second-order valence-corrected chi connectivity index (χ2v) is 6.52. The Balaban J connectivity index is 1.52. The van der Waals surface area contributed by atoms with E-state index in [1.54, 1.807) is 12.5 Å². The molecule has 1 N–H and O–H groups in total. The fourth-order valence-corrected chi connectivity index (χ4v) is 3.68. The minimum absolute atomic E-state index is 0.0214. The summed E-state index contributed by atoms with van der Waals surface area (Å²) < 4.78 is 1.93. The van der Waals surface area contributed by atoms with E-state index in [1.165, 1.54) is 5.56 Å². The molecule has 0 radical (unpaired) electrons. The summed E-state index contributed by atoms with van der Waals surface area (Å²) in [7, 11) is 0. The normalized spacial score (nSPS) is 16.6. The third-order valence-electron chi connectivity index (χ3n) is 4.97. The highest BCUT2D eigenvalue weighted by Gasteiger charge is 2.30. The van der Waals surface area contributed by atoms with E-state index in [4.69, 9.17) is 0 Å². The Kier molecular flexibility index (Phi) is 3.35. The third-order valence-corrected chi connectivity index (χ3v) is 4.97. The first kappa shape index (κ1) is 14.9. The average Bonchev–Trinajstić information content (AvgIpc) is 3.37. The summed E-state index contributed by atoms with van der Waals surface area (Å²) in [4.78, 5) is 22.3. The van der Waals surface area contributed by atoms with Crippen LogP contribution in [-0.4, -0.2) is 37.1 Å². The van der Waals surface area contributed by atoms with Crippen LogP contribution in [0.2, 0.25) is 0 Å². The van der Waals surface area contributed by atoms with Gasteiger partial charge in [0.1, 0.15) is 0 Å². The highest BCUT2D eigenvalue weighted by atomic mass is 16.2. The molecule has 0 aliphatic carbocycles. The maximum absolute atomic E-state index is 13.2. The van der Waals surface area contributed by atoms with Crippen LogP contribution in [-0.2, 0) is 6.54 Å². The molecule has 1 aliphatic heterocycles. The number of hydrogen-bond donors (Lipinski definition) is 1. The van der Waals surface area contributed by atoms with Crippen LogP contribution in [0.3, 0.4) is 0 Å². The van der Waals surface area contributed by atoms with Gasteiger partial charge in [-0.1, -0.05) is 24.3 Å². The second-order valence-electron chi connectivity index (χ2n) is 6.52. The van der Waals surface area contributed by atoms with Gasteiger partial charge in [0.25, 0.3) is 5.91 Å². The van der Waals surface area contributed by atoms with Crippen molar-refractivity contribution in [2.24, 2.45) is 0 Å². The quantitative estimate of drug-likeness (QED) is 0.608. The SMILES string of the molecule is O=C(c1ccc2nc[nH]c2c1)N1Cc2ccccc2C(n2cccn2)C1. The molecular weight excluding hydrogens is 326 g/mol. The van der Waals surface area contributed by atoms with Crippen LogP contribution in [0, 0.1) is 0 Å². The van der Waals surface area contributed by atoms with Crippen LogP contribution in [0.25, 0.3) is 11.0 Å². The van der Waals surface area contributed by atoms with Gasteiger partial charge in [0.05, 0.1) is 23.4 Å². The Bertz CT molecular complexity index is 1080. The number of carbonyl (C=O) groups is 1. The molecule has 2 aromatic heterocycles. The van der Waals surface area contributed by atoms with Crippen molar-refractivity contribution < 1.29 is 4.79 Å². The summed E-state index contributed by atoms with van der Waals surface area (Å²) in [6.07, 6.45) is 5.37. The summed E-state index contributed by atoms with van der Waals surface area (Å²) >= 11 is 0. The molecule has 6 nitrogen and oxygen atoms in total. The molecule has 0 spiro atoms. The minimum atomic E-state index is 0.0214.